The van der Waals surface area contributed by atoms with E-state index in [-0.39, 0.29) is 0 Å². The number of benzene rings is 1. The Morgan fingerprint density at radius 2 is 2.15 bits per heavy atom. The van der Waals surface area contributed by atoms with Crippen molar-refractivity contribution in [3.8, 4) is 0 Å². The van der Waals surface area contributed by atoms with E-state index in [4.69, 9.17) is 0 Å². The highest BCUT2D eigenvalue weighted by atomic mass is 79.9. The lowest BCUT2D eigenvalue weighted by Crippen LogP contribution is -2.54. The van der Waals surface area contributed by atoms with Gasteiger partial charge in [0.25, 0.3) is 0 Å². The molecule has 1 saturated heterocycles. The van der Waals surface area contributed by atoms with Gasteiger partial charge in [-0.05, 0) is 50.2 Å². The highest BCUT2D eigenvalue weighted by Crippen LogP contribution is 2.32. The van der Waals surface area contributed by atoms with E-state index in [9.17, 15) is 0 Å². The molecule has 0 radical (unpaired) electrons. The van der Waals surface area contributed by atoms with Crippen molar-refractivity contribution in [2.75, 3.05) is 40.3 Å². The number of likely N-dealkylation sites (N-methyl/N-ethyl adjacent to an activating group) is 2. The molecule has 1 aliphatic carbocycles. The molecule has 0 aromatic heterocycles. The molecule has 1 N–H and O–H groups in total. The maximum atomic E-state index is 3.79. The Hall–Kier alpha value is -0.420. The quantitative estimate of drug-likeness (QED) is 0.912. The molecule has 1 aliphatic heterocycles. The van der Waals surface area contributed by atoms with Crippen LogP contribution in [-0.2, 0) is 6.42 Å². The molecule has 0 spiro atoms. The first kappa shape index (κ1) is 14.5. The summed E-state index contributed by atoms with van der Waals surface area (Å²) in [6.45, 7) is 4.62. The summed E-state index contributed by atoms with van der Waals surface area (Å²) in [6.07, 6.45) is 2.44. The zero-order chi connectivity index (χ0) is 14.1. The number of aryl methyl sites for hydroxylation is 1. The molecule has 3 rings (SSSR count). The maximum absolute atomic E-state index is 3.79. The smallest absolute Gasteiger partial charge is 0.0345 e. The first-order valence-electron chi connectivity index (χ1n) is 7.54. The molecule has 1 aromatic rings. The van der Waals surface area contributed by atoms with Gasteiger partial charge in [0.2, 0.25) is 0 Å². The van der Waals surface area contributed by atoms with E-state index >= 15 is 0 Å². The number of fused-ring (bicyclic) bond motifs is 1. The molecule has 0 saturated carbocycles. The van der Waals surface area contributed by atoms with Crippen molar-refractivity contribution in [2.24, 2.45) is 0 Å². The molecule has 20 heavy (non-hydrogen) atoms. The minimum atomic E-state index is 0.540. The van der Waals surface area contributed by atoms with Crippen molar-refractivity contribution < 1.29 is 0 Å². The fourth-order valence-electron chi connectivity index (χ4n) is 3.40. The van der Waals surface area contributed by atoms with Crippen LogP contribution in [0.25, 0.3) is 0 Å². The maximum Gasteiger partial charge on any atom is 0.0345 e. The van der Waals surface area contributed by atoms with Gasteiger partial charge in [0.05, 0.1) is 0 Å². The van der Waals surface area contributed by atoms with Crippen LogP contribution in [0.15, 0.2) is 22.7 Å². The lowest BCUT2D eigenvalue weighted by molar-refractivity contribution is 0.111. The second-order valence-electron chi connectivity index (χ2n) is 6.24. The molecular formula is C16H24BrN3. The van der Waals surface area contributed by atoms with Crippen molar-refractivity contribution in [3.63, 3.8) is 0 Å². The van der Waals surface area contributed by atoms with E-state index in [0.29, 0.717) is 12.1 Å². The van der Waals surface area contributed by atoms with Gasteiger partial charge in [0.1, 0.15) is 0 Å². The van der Waals surface area contributed by atoms with Gasteiger partial charge in [0.15, 0.2) is 0 Å². The van der Waals surface area contributed by atoms with Gasteiger partial charge in [-0.3, -0.25) is 4.90 Å². The van der Waals surface area contributed by atoms with Crippen LogP contribution in [0.4, 0.5) is 0 Å². The summed E-state index contributed by atoms with van der Waals surface area (Å²) in [6, 6.07) is 7.89. The van der Waals surface area contributed by atoms with Crippen LogP contribution in [-0.4, -0.2) is 56.1 Å². The molecule has 0 bridgehead atoms. The molecule has 4 heteroatoms. The monoisotopic (exact) mass is 337 g/mol. The summed E-state index contributed by atoms with van der Waals surface area (Å²) >= 11 is 3.57. The van der Waals surface area contributed by atoms with Gasteiger partial charge < -0.3 is 10.2 Å². The Morgan fingerprint density at radius 3 is 3.00 bits per heavy atom. The molecular weight excluding hydrogens is 314 g/mol. The summed E-state index contributed by atoms with van der Waals surface area (Å²) in [7, 11) is 4.47. The average Bonchev–Trinajstić information content (AvgIpc) is 2.82. The van der Waals surface area contributed by atoms with Crippen LogP contribution in [0, 0.1) is 0 Å². The normalized spacial score (nSPS) is 27.8. The minimum absolute atomic E-state index is 0.540. The van der Waals surface area contributed by atoms with Crippen molar-refractivity contribution in [3.05, 3.63) is 33.8 Å². The predicted octanol–water partition coefficient (Wildman–Crippen LogP) is 2.27. The van der Waals surface area contributed by atoms with Crippen LogP contribution in [0.3, 0.4) is 0 Å². The van der Waals surface area contributed by atoms with E-state index in [1.165, 1.54) is 48.1 Å². The SMILES string of the molecule is CN1CCN(C)C(CNC2CCc3cc(Br)ccc32)C1. The summed E-state index contributed by atoms with van der Waals surface area (Å²) in [5.74, 6) is 0. The van der Waals surface area contributed by atoms with E-state index in [1.807, 2.05) is 0 Å². The first-order chi connectivity index (χ1) is 9.63. The van der Waals surface area contributed by atoms with Crippen LogP contribution < -0.4 is 5.32 Å². The summed E-state index contributed by atoms with van der Waals surface area (Å²) in [4.78, 5) is 4.93. The van der Waals surface area contributed by atoms with Gasteiger partial charge >= 0.3 is 0 Å². The lowest BCUT2D eigenvalue weighted by Gasteiger charge is -2.38. The van der Waals surface area contributed by atoms with Crippen molar-refractivity contribution in [1.82, 2.24) is 15.1 Å². The first-order valence-corrected chi connectivity index (χ1v) is 8.33. The fraction of sp³-hybridized carbons (Fsp3) is 0.625. The summed E-state index contributed by atoms with van der Waals surface area (Å²) in [5, 5.41) is 3.79. The molecule has 2 aliphatic rings. The topological polar surface area (TPSA) is 18.5 Å². The van der Waals surface area contributed by atoms with Crippen LogP contribution in [0.2, 0.25) is 0 Å². The Labute approximate surface area is 130 Å². The Balaban J connectivity index is 1.60. The third-order valence-electron chi connectivity index (χ3n) is 4.76. The van der Waals surface area contributed by atoms with Crippen LogP contribution >= 0.6 is 15.9 Å². The Morgan fingerprint density at radius 1 is 1.30 bits per heavy atom. The third-order valence-corrected chi connectivity index (χ3v) is 5.26. The average molecular weight is 338 g/mol. The zero-order valence-electron chi connectivity index (χ0n) is 12.4. The highest BCUT2D eigenvalue weighted by molar-refractivity contribution is 9.10. The van der Waals surface area contributed by atoms with Crippen molar-refractivity contribution in [2.45, 2.75) is 24.9 Å². The Kier molecular flexibility index (Phi) is 4.46. The van der Waals surface area contributed by atoms with Crippen molar-refractivity contribution >= 4 is 15.9 Å². The molecule has 3 nitrogen and oxygen atoms in total. The van der Waals surface area contributed by atoms with Gasteiger partial charge in [-0.1, -0.05) is 22.0 Å². The third kappa shape index (κ3) is 3.08. The predicted molar refractivity (Wildman–Crippen MR) is 87.1 cm³/mol. The number of hydrogen-bond acceptors (Lipinski definition) is 3. The van der Waals surface area contributed by atoms with E-state index < -0.39 is 0 Å². The highest BCUT2D eigenvalue weighted by Gasteiger charge is 2.26. The van der Waals surface area contributed by atoms with Crippen molar-refractivity contribution in [1.29, 1.82) is 0 Å². The van der Waals surface area contributed by atoms with E-state index in [2.05, 4.69) is 63.3 Å². The lowest BCUT2D eigenvalue weighted by atomic mass is 10.1. The summed E-state index contributed by atoms with van der Waals surface area (Å²) in [5.41, 5.74) is 3.01. The van der Waals surface area contributed by atoms with Crippen LogP contribution in [0.5, 0.6) is 0 Å². The number of hydrogen-bond donors (Lipinski definition) is 1. The molecule has 1 aromatic carbocycles. The standard InChI is InChI=1S/C16H24BrN3/c1-19-7-8-20(2)14(11-19)10-18-16-6-3-12-9-13(17)4-5-15(12)16/h4-5,9,14,16,18H,3,6-8,10-11H2,1-2H3. The Bertz CT molecular complexity index is 477. The second kappa shape index (κ2) is 6.14. The minimum Gasteiger partial charge on any atom is -0.308 e. The molecule has 110 valence electrons. The van der Waals surface area contributed by atoms with Gasteiger partial charge in [0, 0.05) is 42.7 Å². The van der Waals surface area contributed by atoms with Gasteiger partial charge in [-0.2, -0.15) is 0 Å². The van der Waals surface area contributed by atoms with Gasteiger partial charge in [-0.25, -0.2) is 0 Å². The molecule has 1 fully saturated rings. The summed E-state index contributed by atoms with van der Waals surface area (Å²) < 4.78 is 1.20. The van der Waals surface area contributed by atoms with E-state index in [1.54, 1.807) is 0 Å². The number of nitrogens with zero attached hydrogens (tertiary/aromatic N) is 2. The second-order valence-corrected chi connectivity index (χ2v) is 7.15. The van der Waals surface area contributed by atoms with Crippen LogP contribution in [0.1, 0.15) is 23.6 Å². The number of piperazine rings is 1. The number of rotatable bonds is 3. The largest absolute Gasteiger partial charge is 0.308 e. The van der Waals surface area contributed by atoms with Gasteiger partial charge in [-0.15, -0.1) is 0 Å². The fourth-order valence-corrected chi connectivity index (χ4v) is 3.81. The number of halogens is 1. The zero-order valence-corrected chi connectivity index (χ0v) is 14.0. The molecule has 2 atom stereocenters. The molecule has 0 amide bonds. The molecule has 2 unspecified atom stereocenters. The van der Waals surface area contributed by atoms with E-state index in [0.717, 1.165) is 6.54 Å². The number of nitrogens with one attached hydrogen (secondary N) is 1. The molecule has 1 heterocycles.